The Bertz CT molecular complexity index is 175. The second-order valence-electron chi connectivity index (χ2n) is 1.69. The molecule has 0 amide bonds. The quantitative estimate of drug-likeness (QED) is 0.729. The minimum Gasteiger partial charge on any atom is -0.480 e. The second-order valence-corrected chi connectivity index (χ2v) is 1.69. The van der Waals surface area contributed by atoms with Crippen LogP contribution >= 0.6 is 0 Å². The van der Waals surface area contributed by atoms with E-state index >= 15 is 0 Å². The van der Waals surface area contributed by atoms with Gasteiger partial charge in [-0.15, -0.1) is 0 Å². The molecule has 1 N–H and O–H groups in total. The first-order chi connectivity index (χ1) is 5.86. The van der Waals surface area contributed by atoms with Crippen molar-refractivity contribution < 1.29 is 4.74 Å². The van der Waals surface area contributed by atoms with Crippen LogP contribution in [0.1, 0.15) is 13.8 Å². The molecule has 1 aromatic rings. The number of methoxy groups -OCH3 is 1. The zero-order valence-electron chi connectivity index (χ0n) is 7.96. The van der Waals surface area contributed by atoms with E-state index in [9.17, 15) is 0 Å². The van der Waals surface area contributed by atoms with Gasteiger partial charge in [0.25, 0.3) is 0 Å². The van der Waals surface area contributed by atoms with E-state index in [0.29, 0.717) is 5.88 Å². The summed E-state index contributed by atoms with van der Waals surface area (Å²) in [7, 11) is 3.35. The van der Waals surface area contributed by atoms with Crippen molar-refractivity contribution in [2.75, 3.05) is 19.5 Å². The van der Waals surface area contributed by atoms with E-state index in [-0.39, 0.29) is 0 Å². The average Bonchev–Trinajstić information content (AvgIpc) is 2.21. The summed E-state index contributed by atoms with van der Waals surface area (Å²) in [5.74, 6) is 1.26. The molecule has 0 atom stereocenters. The number of hydrogen-bond acceptors (Lipinski definition) is 4. The SMILES string of the molecule is CC.CNc1cnc(OC)cn1. The highest BCUT2D eigenvalue weighted by molar-refractivity contribution is 5.30. The largest absolute Gasteiger partial charge is 0.480 e. The summed E-state index contributed by atoms with van der Waals surface area (Å²) in [5, 5.41) is 2.85. The van der Waals surface area contributed by atoms with Gasteiger partial charge in [-0.2, -0.15) is 0 Å². The fraction of sp³-hybridized carbons (Fsp3) is 0.500. The van der Waals surface area contributed by atoms with E-state index in [0.717, 1.165) is 5.82 Å². The fourth-order valence-electron chi connectivity index (χ4n) is 0.551. The highest BCUT2D eigenvalue weighted by Gasteiger charge is 1.91. The van der Waals surface area contributed by atoms with Crippen LogP contribution in [-0.4, -0.2) is 24.1 Å². The number of aromatic nitrogens is 2. The molecule has 0 aliphatic carbocycles. The van der Waals surface area contributed by atoms with Crippen molar-refractivity contribution in [3.63, 3.8) is 0 Å². The molecule has 0 saturated heterocycles. The van der Waals surface area contributed by atoms with Gasteiger partial charge in [-0.05, 0) is 0 Å². The van der Waals surface area contributed by atoms with Crippen LogP contribution in [0.5, 0.6) is 5.88 Å². The maximum Gasteiger partial charge on any atom is 0.232 e. The van der Waals surface area contributed by atoms with Gasteiger partial charge in [-0.1, -0.05) is 13.8 Å². The summed E-state index contributed by atoms with van der Waals surface area (Å²) in [5.41, 5.74) is 0. The normalized spacial score (nSPS) is 8.00. The smallest absolute Gasteiger partial charge is 0.232 e. The predicted octanol–water partition coefficient (Wildman–Crippen LogP) is 1.55. The highest BCUT2D eigenvalue weighted by atomic mass is 16.5. The van der Waals surface area contributed by atoms with Crippen molar-refractivity contribution in [1.82, 2.24) is 9.97 Å². The van der Waals surface area contributed by atoms with Gasteiger partial charge in [0.1, 0.15) is 5.82 Å². The lowest BCUT2D eigenvalue weighted by Crippen LogP contribution is -1.94. The van der Waals surface area contributed by atoms with Crippen LogP contribution in [0.15, 0.2) is 12.4 Å². The van der Waals surface area contributed by atoms with Gasteiger partial charge < -0.3 is 10.1 Å². The molecule has 0 aromatic carbocycles. The number of anilines is 1. The third-order valence-electron chi connectivity index (χ3n) is 1.09. The molecule has 1 heterocycles. The summed E-state index contributed by atoms with van der Waals surface area (Å²) in [6, 6.07) is 0. The van der Waals surface area contributed by atoms with Crippen LogP contribution in [0.2, 0.25) is 0 Å². The Balaban J connectivity index is 0.000000561. The Morgan fingerprint density at radius 2 is 1.92 bits per heavy atom. The number of nitrogens with one attached hydrogen (secondary N) is 1. The van der Waals surface area contributed by atoms with Crippen LogP contribution in [0.4, 0.5) is 5.82 Å². The Morgan fingerprint density at radius 3 is 2.25 bits per heavy atom. The molecule has 12 heavy (non-hydrogen) atoms. The van der Waals surface area contributed by atoms with Crippen molar-refractivity contribution in [2.24, 2.45) is 0 Å². The van der Waals surface area contributed by atoms with Crippen LogP contribution in [0.25, 0.3) is 0 Å². The van der Waals surface area contributed by atoms with E-state index in [1.54, 1.807) is 26.6 Å². The lowest BCUT2D eigenvalue weighted by atomic mass is 10.6. The van der Waals surface area contributed by atoms with Crippen LogP contribution in [-0.2, 0) is 0 Å². The molecule has 1 rings (SSSR count). The Kier molecular flexibility index (Phi) is 5.69. The first-order valence-corrected chi connectivity index (χ1v) is 3.90. The molecule has 4 heteroatoms. The van der Waals surface area contributed by atoms with Crippen LogP contribution in [0, 0.1) is 0 Å². The molecular formula is C8H15N3O. The Morgan fingerprint density at radius 1 is 1.25 bits per heavy atom. The van der Waals surface area contributed by atoms with Crippen molar-refractivity contribution in [3.8, 4) is 5.88 Å². The van der Waals surface area contributed by atoms with Crippen molar-refractivity contribution >= 4 is 5.82 Å². The zero-order chi connectivity index (χ0) is 9.40. The molecule has 0 radical (unpaired) electrons. The van der Waals surface area contributed by atoms with Gasteiger partial charge in [0.05, 0.1) is 19.5 Å². The first-order valence-electron chi connectivity index (χ1n) is 3.90. The topological polar surface area (TPSA) is 47.0 Å². The molecule has 68 valence electrons. The minimum atomic E-state index is 0.527. The van der Waals surface area contributed by atoms with Crippen molar-refractivity contribution in [1.29, 1.82) is 0 Å². The fourth-order valence-corrected chi connectivity index (χ4v) is 0.551. The van der Waals surface area contributed by atoms with E-state index in [1.165, 1.54) is 0 Å². The van der Waals surface area contributed by atoms with E-state index in [2.05, 4.69) is 15.3 Å². The highest BCUT2D eigenvalue weighted by Crippen LogP contribution is 2.04. The minimum absolute atomic E-state index is 0.527. The summed E-state index contributed by atoms with van der Waals surface area (Å²) in [4.78, 5) is 7.89. The molecule has 0 bridgehead atoms. The standard InChI is InChI=1S/C6H9N3O.C2H6/c1-7-5-3-9-6(10-2)4-8-5;1-2/h3-4H,1-2H3,(H,7,8);1-2H3. The predicted molar refractivity (Wildman–Crippen MR) is 49.5 cm³/mol. The summed E-state index contributed by atoms with van der Waals surface area (Å²) in [6.07, 6.45) is 3.17. The second kappa shape index (κ2) is 6.39. The number of hydrogen-bond donors (Lipinski definition) is 1. The molecular weight excluding hydrogens is 154 g/mol. The molecule has 4 nitrogen and oxygen atoms in total. The summed E-state index contributed by atoms with van der Waals surface area (Å²) >= 11 is 0. The number of rotatable bonds is 2. The van der Waals surface area contributed by atoms with Gasteiger partial charge in [0.15, 0.2) is 0 Å². The van der Waals surface area contributed by atoms with Crippen molar-refractivity contribution in [3.05, 3.63) is 12.4 Å². The van der Waals surface area contributed by atoms with Gasteiger partial charge in [0.2, 0.25) is 5.88 Å². The Hall–Kier alpha value is -1.32. The zero-order valence-corrected chi connectivity index (χ0v) is 7.96. The number of nitrogens with zero attached hydrogens (tertiary/aromatic N) is 2. The first kappa shape index (κ1) is 10.7. The van der Waals surface area contributed by atoms with E-state index < -0.39 is 0 Å². The lowest BCUT2D eigenvalue weighted by Gasteiger charge is -1.98. The van der Waals surface area contributed by atoms with Crippen molar-refractivity contribution in [2.45, 2.75) is 13.8 Å². The van der Waals surface area contributed by atoms with Gasteiger partial charge in [0, 0.05) is 7.05 Å². The summed E-state index contributed by atoms with van der Waals surface area (Å²) in [6.45, 7) is 4.00. The molecule has 0 saturated carbocycles. The van der Waals surface area contributed by atoms with Crippen LogP contribution < -0.4 is 10.1 Å². The monoisotopic (exact) mass is 169 g/mol. The molecule has 0 fully saturated rings. The summed E-state index contributed by atoms with van der Waals surface area (Å²) < 4.78 is 4.81. The maximum atomic E-state index is 4.81. The average molecular weight is 169 g/mol. The van der Waals surface area contributed by atoms with Crippen LogP contribution in [0.3, 0.4) is 0 Å². The maximum absolute atomic E-state index is 4.81. The van der Waals surface area contributed by atoms with Gasteiger partial charge in [-0.25, -0.2) is 9.97 Å². The Labute approximate surface area is 73.0 Å². The van der Waals surface area contributed by atoms with Gasteiger partial charge >= 0.3 is 0 Å². The molecule has 0 spiro atoms. The molecule has 0 aliphatic rings. The molecule has 0 unspecified atom stereocenters. The third-order valence-corrected chi connectivity index (χ3v) is 1.09. The van der Waals surface area contributed by atoms with E-state index in [1.807, 2.05) is 13.8 Å². The molecule has 1 aromatic heterocycles. The molecule has 0 aliphatic heterocycles. The van der Waals surface area contributed by atoms with Gasteiger partial charge in [-0.3, -0.25) is 0 Å². The third kappa shape index (κ3) is 3.18. The van der Waals surface area contributed by atoms with E-state index in [4.69, 9.17) is 4.74 Å². The lowest BCUT2D eigenvalue weighted by molar-refractivity contribution is 0.396. The number of ether oxygens (including phenoxy) is 1.